The predicted octanol–water partition coefficient (Wildman–Crippen LogP) is 2.52. The number of piperidine rings is 1. The van der Waals surface area contributed by atoms with Gasteiger partial charge in [-0.1, -0.05) is 13.3 Å². The van der Waals surface area contributed by atoms with Gasteiger partial charge in [0.2, 0.25) is 0 Å². The Kier molecular flexibility index (Phi) is 8.57. The average Bonchev–Trinajstić information content (AvgIpc) is 2.61. The number of likely N-dealkylation sites (tertiary alicyclic amines) is 1. The van der Waals surface area contributed by atoms with Crippen LogP contribution in [0.4, 0.5) is 4.39 Å². The van der Waals surface area contributed by atoms with E-state index in [0.717, 1.165) is 37.5 Å². The fraction of sp³-hybridized carbons (Fsp3) is 0.684. The molecule has 0 spiro atoms. The van der Waals surface area contributed by atoms with E-state index in [1.54, 1.807) is 7.11 Å². The summed E-state index contributed by atoms with van der Waals surface area (Å²) in [7, 11) is 4.34. The summed E-state index contributed by atoms with van der Waals surface area (Å²) in [6.07, 6.45) is 4.69. The number of hydrogen-bond acceptors (Lipinski definition) is 4. The Morgan fingerprint density at radius 1 is 1.36 bits per heavy atom. The molecule has 1 aromatic carbocycles. The molecule has 0 radical (unpaired) electrons. The fourth-order valence-electron chi connectivity index (χ4n) is 3.30. The van der Waals surface area contributed by atoms with Gasteiger partial charge in [-0.3, -0.25) is 4.90 Å². The van der Waals surface area contributed by atoms with Gasteiger partial charge in [-0.05, 0) is 42.6 Å². The molecule has 0 aromatic heterocycles. The molecule has 1 saturated heterocycles. The van der Waals surface area contributed by atoms with Crippen LogP contribution in [-0.2, 0) is 11.2 Å². The van der Waals surface area contributed by atoms with Crippen molar-refractivity contribution in [3.8, 4) is 5.75 Å². The standard InChI is InChI=1S/C19H31FNO3P/c1-3-4-9-24-16-10-18(20)17(19(25)11-16)7-8-21-12-15(23-2)6-5-14(21)13-22/h10-11,14-15,22H,3-9,12-13,25H2,1-2H3/t14-,15-/m1/s1. The fourth-order valence-corrected chi connectivity index (χ4v) is 3.75. The van der Waals surface area contributed by atoms with Crippen molar-refractivity contribution in [3.05, 3.63) is 23.5 Å². The van der Waals surface area contributed by atoms with Gasteiger partial charge in [-0.15, -0.1) is 9.24 Å². The molecule has 3 atom stereocenters. The molecule has 6 heteroatoms. The largest absolute Gasteiger partial charge is 0.493 e. The summed E-state index contributed by atoms with van der Waals surface area (Å²) >= 11 is 0. The van der Waals surface area contributed by atoms with Crippen LogP contribution in [0.1, 0.15) is 38.2 Å². The van der Waals surface area contributed by atoms with E-state index >= 15 is 0 Å². The van der Waals surface area contributed by atoms with Gasteiger partial charge in [-0.25, -0.2) is 4.39 Å². The Morgan fingerprint density at radius 2 is 2.16 bits per heavy atom. The van der Waals surface area contributed by atoms with Crippen LogP contribution >= 0.6 is 9.24 Å². The van der Waals surface area contributed by atoms with Gasteiger partial charge in [0.25, 0.3) is 0 Å². The number of aliphatic hydroxyl groups is 1. The molecule has 1 unspecified atom stereocenters. The number of hydrogen-bond donors (Lipinski definition) is 1. The molecule has 1 aromatic rings. The highest BCUT2D eigenvalue weighted by molar-refractivity contribution is 7.27. The Balaban J connectivity index is 1.99. The van der Waals surface area contributed by atoms with Crippen LogP contribution in [0.3, 0.4) is 0 Å². The van der Waals surface area contributed by atoms with Crippen molar-refractivity contribution in [3.63, 3.8) is 0 Å². The van der Waals surface area contributed by atoms with E-state index < -0.39 is 0 Å². The van der Waals surface area contributed by atoms with Crippen LogP contribution in [0, 0.1) is 5.82 Å². The third-order valence-electron chi connectivity index (χ3n) is 4.94. The van der Waals surface area contributed by atoms with Gasteiger partial charge >= 0.3 is 0 Å². The number of methoxy groups -OCH3 is 1. The molecular formula is C19H31FNO3P. The van der Waals surface area contributed by atoms with Crippen molar-refractivity contribution in [1.82, 2.24) is 4.90 Å². The summed E-state index contributed by atoms with van der Waals surface area (Å²) in [6.45, 7) is 4.34. The molecule has 0 bridgehead atoms. The van der Waals surface area contributed by atoms with E-state index in [0.29, 0.717) is 30.9 Å². The van der Waals surface area contributed by atoms with Crippen LogP contribution in [0.25, 0.3) is 0 Å². The van der Waals surface area contributed by atoms with Crippen LogP contribution in [0.2, 0.25) is 0 Å². The first-order valence-corrected chi connectivity index (χ1v) is 9.75. The highest BCUT2D eigenvalue weighted by Crippen LogP contribution is 2.22. The molecule has 0 saturated carbocycles. The topological polar surface area (TPSA) is 41.9 Å². The summed E-state index contributed by atoms with van der Waals surface area (Å²) in [5.74, 6) is 0.366. The van der Waals surface area contributed by atoms with E-state index in [2.05, 4.69) is 21.1 Å². The van der Waals surface area contributed by atoms with Crippen LogP contribution in [0.5, 0.6) is 5.75 Å². The SMILES string of the molecule is CCCCOc1cc(F)c(CCN2C[C@H](OC)CC[C@@H]2CO)c(P)c1. The van der Waals surface area contributed by atoms with Crippen LogP contribution < -0.4 is 10.0 Å². The van der Waals surface area contributed by atoms with Crippen molar-refractivity contribution < 1.29 is 19.0 Å². The maximum atomic E-state index is 14.5. The maximum absolute atomic E-state index is 14.5. The minimum atomic E-state index is -0.222. The number of ether oxygens (including phenoxy) is 2. The Bertz CT molecular complexity index is 520. The Morgan fingerprint density at radius 3 is 2.80 bits per heavy atom. The molecule has 4 nitrogen and oxygen atoms in total. The summed E-state index contributed by atoms with van der Waals surface area (Å²) in [6, 6.07) is 3.51. The van der Waals surface area contributed by atoms with Gasteiger partial charge in [0.1, 0.15) is 11.6 Å². The minimum Gasteiger partial charge on any atom is -0.493 e. The predicted molar refractivity (Wildman–Crippen MR) is 102 cm³/mol. The Hall–Kier alpha value is -0.740. The molecule has 1 fully saturated rings. The molecule has 142 valence electrons. The minimum absolute atomic E-state index is 0.136. The summed E-state index contributed by atoms with van der Waals surface area (Å²) in [4.78, 5) is 2.22. The molecule has 0 aliphatic carbocycles. The summed E-state index contributed by atoms with van der Waals surface area (Å²) in [5, 5.41) is 10.4. The lowest BCUT2D eigenvalue weighted by Gasteiger charge is -2.38. The van der Waals surface area contributed by atoms with Crippen molar-refractivity contribution in [1.29, 1.82) is 0 Å². The zero-order valence-electron chi connectivity index (χ0n) is 15.3. The third-order valence-corrected chi connectivity index (χ3v) is 5.45. The number of rotatable bonds is 9. The number of unbranched alkanes of at least 4 members (excludes halogenated alkanes) is 1. The molecule has 25 heavy (non-hydrogen) atoms. The van der Waals surface area contributed by atoms with Gasteiger partial charge < -0.3 is 14.6 Å². The average molecular weight is 371 g/mol. The van der Waals surface area contributed by atoms with Crippen molar-refractivity contribution in [2.45, 2.75) is 51.2 Å². The lowest BCUT2D eigenvalue weighted by atomic mass is 9.99. The number of halogens is 1. The number of benzene rings is 1. The van der Waals surface area contributed by atoms with Gasteiger partial charge in [0, 0.05) is 32.3 Å². The third kappa shape index (κ3) is 5.89. The van der Waals surface area contributed by atoms with Crippen molar-refractivity contribution >= 4 is 14.5 Å². The smallest absolute Gasteiger partial charge is 0.130 e. The molecule has 1 aliphatic heterocycles. The molecule has 1 heterocycles. The van der Waals surface area contributed by atoms with Gasteiger partial charge in [0.15, 0.2) is 0 Å². The zero-order chi connectivity index (χ0) is 18.2. The highest BCUT2D eigenvalue weighted by Gasteiger charge is 2.27. The first-order chi connectivity index (χ1) is 12.1. The lowest BCUT2D eigenvalue weighted by molar-refractivity contribution is -0.00877. The first-order valence-electron chi connectivity index (χ1n) is 9.17. The van der Waals surface area contributed by atoms with Gasteiger partial charge in [0.05, 0.1) is 19.3 Å². The van der Waals surface area contributed by atoms with Crippen LogP contribution in [0.15, 0.2) is 12.1 Å². The number of nitrogens with zero attached hydrogens (tertiary/aromatic N) is 1. The lowest BCUT2D eigenvalue weighted by Crippen LogP contribution is -2.48. The quantitative estimate of drug-likeness (QED) is 0.535. The zero-order valence-corrected chi connectivity index (χ0v) is 16.5. The van der Waals surface area contributed by atoms with E-state index in [1.807, 2.05) is 6.07 Å². The molecule has 2 rings (SSSR count). The highest BCUT2D eigenvalue weighted by atomic mass is 31.0. The van der Waals surface area contributed by atoms with E-state index in [9.17, 15) is 9.50 Å². The second-order valence-electron chi connectivity index (χ2n) is 6.69. The maximum Gasteiger partial charge on any atom is 0.130 e. The van der Waals surface area contributed by atoms with Crippen molar-refractivity contribution in [2.24, 2.45) is 0 Å². The molecular weight excluding hydrogens is 340 g/mol. The summed E-state index contributed by atoms with van der Waals surface area (Å²) in [5.41, 5.74) is 0.698. The van der Waals surface area contributed by atoms with Gasteiger partial charge in [-0.2, -0.15) is 0 Å². The molecule has 1 aliphatic rings. The second-order valence-corrected chi connectivity index (χ2v) is 7.31. The van der Waals surface area contributed by atoms with E-state index in [4.69, 9.17) is 9.47 Å². The summed E-state index contributed by atoms with van der Waals surface area (Å²) < 4.78 is 25.6. The van der Waals surface area contributed by atoms with Crippen molar-refractivity contribution in [2.75, 3.05) is 33.4 Å². The normalized spacial score (nSPS) is 21.5. The molecule has 1 N–H and O–H groups in total. The van der Waals surface area contributed by atoms with E-state index in [-0.39, 0.29) is 24.6 Å². The molecule has 0 amide bonds. The monoisotopic (exact) mass is 371 g/mol. The number of aliphatic hydroxyl groups excluding tert-OH is 1. The van der Waals surface area contributed by atoms with E-state index in [1.165, 1.54) is 6.07 Å². The first kappa shape index (κ1) is 20.6. The van der Waals surface area contributed by atoms with Crippen LogP contribution in [-0.4, -0.2) is 55.6 Å². The second kappa shape index (κ2) is 10.4. The Labute approximate surface area is 152 Å².